The van der Waals surface area contributed by atoms with Gasteiger partial charge in [-0.15, -0.1) is 11.3 Å². The van der Waals surface area contributed by atoms with Crippen LogP contribution >= 0.6 is 11.3 Å². The Morgan fingerprint density at radius 3 is 3.04 bits per heavy atom. The van der Waals surface area contributed by atoms with E-state index in [2.05, 4.69) is 15.3 Å². The minimum absolute atomic E-state index is 0.0257. The minimum atomic E-state index is -0.0257. The molecule has 0 fully saturated rings. The molecule has 114 valence electrons. The number of aromatic amines is 1. The van der Waals surface area contributed by atoms with Crippen molar-refractivity contribution in [3.8, 4) is 0 Å². The van der Waals surface area contributed by atoms with Crippen molar-refractivity contribution in [2.75, 3.05) is 5.32 Å². The fourth-order valence-corrected chi connectivity index (χ4v) is 3.52. The summed E-state index contributed by atoms with van der Waals surface area (Å²) in [6.45, 7) is 1.99. The number of hydrogen-bond acceptors (Lipinski definition) is 3. The molecule has 2 aromatic heterocycles. The van der Waals surface area contributed by atoms with Gasteiger partial charge in [0.1, 0.15) is 0 Å². The van der Waals surface area contributed by atoms with Gasteiger partial charge in [0.05, 0.1) is 21.6 Å². The number of nitrogens with zero attached hydrogens (tertiary/aromatic N) is 1. The maximum absolute atomic E-state index is 12.3. The van der Waals surface area contributed by atoms with E-state index in [-0.39, 0.29) is 5.91 Å². The Bertz CT molecular complexity index is 1020. The second-order valence-corrected chi connectivity index (χ2v) is 6.77. The SMILES string of the molecule is Cc1nc2cc(NC(=O)Cc3ccc4cc[nH]c4c3)ccc2s1. The first kappa shape index (κ1) is 14.0. The maximum Gasteiger partial charge on any atom is 0.228 e. The first-order chi connectivity index (χ1) is 11.2. The second kappa shape index (κ2) is 5.52. The van der Waals surface area contributed by atoms with Gasteiger partial charge in [-0.1, -0.05) is 12.1 Å². The third-order valence-corrected chi connectivity index (χ3v) is 4.71. The van der Waals surface area contributed by atoms with E-state index >= 15 is 0 Å². The minimum Gasteiger partial charge on any atom is -0.361 e. The van der Waals surface area contributed by atoms with Gasteiger partial charge in [0, 0.05) is 17.4 Å². The van der Waals surface area contributed by atoms with Crippen molar-refractivity contribution in [1.29, 1.82) is 0 Å². The zero-order valence-electron chi connectivity index (χ0n) is 12.6. The Balaban J connectivity index is 1.51. The molecule has 5 heteroatoms. The van der Waals surface area contributed by atoms with Crippen molar-refractivity contribution in [1.82, 2.24) is 9.97 Å². The molecule has 0 radical (unpaired) electrons. The average molecular weight is 321 g/mol. The summed E-state index contributed by atoms with van der Waals surface area (Å²) in [5, 5.41) is 5.13. The molecule has 4 nitrogen and oxygen atoms in total. The zero-order chi connectivity index (χ0) is 15.8. The lowest BCUT2D eigenvalue weighted by Gasteiger charge is -2.05. The van der Waals surface area contributed by atoms with E-state index in [1.807, 2.05) is 55.6 Å². The average Bonchev–Trinajstić information content (AvgIpc) is 3.11. The van der Waals surface area contributed by atoms with Gasteiger partial charge in [-0.05, 0) is 48.2 Å². The highest BCUT2D eigenvalue weighted by atomic mass is 32.1. The monoisotopic (exact) mass is 321 g/mol. The van der Waals surface area contributed by atoms with Crippen LogP contribution in [0.5, 0.6) is 0 Å². The number of amides is 1. The molecule has 0 bridgehead atoms. The lowest BCUT2D eigenvalue weighted by molar-refractivity contribution is -0.115. The molecule has 2 aromatic carbocycles. The van der Waals surface area contributed by atoms with E-state index in [1.54, 1.807) is 11.3 Å². The molecule has 23 heavy (non-hydrogen) atoms. The van der Waals surface area contributed by atoms with Gasteiger partial charge in [-0.25, -0.2) is 4.98 Å². The van der Waals surface area contributed by atoms with E-state index in [0.29, 0.717) is 6.42 Å². The Hall–Kier alpha value is -2.66. The molecule has 0 atom stereocenters. The number of anilines is 1. The number of aromatic nitrogens is 2. The lowest BCUT2D eigenvalue weighted by Crippen LogP contribution is -2.14. The Morgan fingerprint density at radius 2 is 2.13 bits per heavy atom. The molecular formula is C18H15N3OS. The van der Waals surface area contributed by atoms with Gasteiger partial charge >= 0.3 is 0 Å². The highest BCUT2D eigenvalue weighted by Gasteiger charge is 2.07. The van der Waals surface area contributed by atoms with Crippen LogP contribution in [0.15, 0.2) is 48.7 Å². The van der Waals surface area contributed by atoms with E-state index in [9.17, 15) is 4.79 Å². The first-order valence-corrected chi connectivity index (χ1v) is 8.22. The number of fused-ring (bicyclic) bond motifs is 2. The third-order valence-electron chi connectivity index (χ3n) is 3.76. The largest absolute Gasteiger partial charge is 0.361 e. The van der Waals surface area contributed by atoms with Gasteiger partial charge in [-0.2, -0.15) is 0 Å². The molecule has 2 N–H and O–H groups in total. The van der Waals surface area contributed by atoms with Gasteiger partial charge < -0.3 is 10.3 Å². The van der Waals surface area contributed by atoms with Crippen LogP contribution in [0, 0.1) is 6.92 Å². The smallest absolute Gasteiger partial charge is 0.228 e. The molecule has 2 heterocycles. The predicted octanol–water partition coefficient (Wildman–Crippen LogP) is 4.27. The molecule has 4 aromatic rings. The number of thiazole rings is 1. The molecule has 0 aliphatic rings. The normalized spacial score (nSPS) is 11.2. The fourth-order valence-electron chi connectivity index (χ4n) is 2.72. The molecule has 0 unspecified atom stereocenters. The second-order valence-electron chi connectivity index (χ2n) is 5.54. The zero-order valence-corrected chi connectivity index (χ0v) is 13.4. The molecule has 0 spiro atoms. The van der Waals surface area contributed by atoms with Crippen LogP contribution in [-0.2, 0) is 11.2 Å². The number of carbonyl (C=O) groups is 1. The number of carbonyl (C=O) groups excluding carboxylic acids is 1. The van der Waals surface area contributed by atoms with Crippen molar-refractivity contribution in [2.24, 2.45) is 0 Å². The third kappa shape index (κ3) is 2.83. The Morgan fingerprint density at radius 1 is 1.22 bits per heavy atom. The van der Waals surface area contributed by atoms with Crippen molar-refractivity contribution in [2.45, 2.75) is 13.3 Å². The molecule has 1 amide bonds. The summed E-state index contributed by atoms with van der Waals surface area (Å²) in [5.74, 6) is -0.0257. The lowest BCUT2D eigenvalue weighted by atomic mass is 10.1. The van der Waals surface area contributed by atoms with Crippen molar-refractivity contribution >= 4 is 44.1 Å². The highest BCUT2D eigenvalue weighted by molar-refractivity contribution is 7.18. The number of nitrogens with one attached hydrogen (secondary N) is 2. The van der Waals surface area contributed by atoms with Crippen molar-refractivity contribution in [3.05, 3.63) is 59.2 Å². The van der Waals surface area contributed by atoms with Gasteiger partial charge in [0.25, 0.3) is 0 Å². The number of aryl methyl sites for hydroxylation is 1. The summed E-state index contributed by atoms with van der Waals surface area (Å²) in [6, 6.07) is 13.9. The fraction of sp³-hybridized carbons (Fsp3) is 0.111. The van der Waals surface area contributed by atoms with Crippen LogP contribution in [0.2, 0.25) is 0 Å². The molecule has 0 saturated carbocycles. The van der Waals surface area contributed by atoms with Crippen LogP contribution in [-0.4, -0.2) is 15.9 Å². The number of hydrogen-bond donors (Lipinski definition) is 2. The van der Waals surface area contributed by atoms with Crippen LogP contribution < -0.4 is 5.32 Å². The van der Waals surface area contributed by atoms with E-state index < -0.39 is 0 Å². The highest BCUT2D eigenvalue weighted by Crippen LogP contribution is 2.24. The van der Waals surface area contributed by atoms with Crippen molar-refractivity contribution in [3.63, 3.8) is 0 Å². The van der Waals surface area contributed by atoms with E-state index in [0.717, 1.165) is 37.4 Å². The quantitative estimate of drug-likeness (QED) is 0.592. The molecular weight excluding hydrogens is 306 g/mol. The summed E-state index contributed by atoms with van der Waals surface area (Å²) in [4.78, 5) is 19.9. The van der Waals surface area contributed by atoms with E-state index in [4.69, 9.17) is 0 Å². The molecule has 0 saturated heterocycles. The number of H-pyrrole nitrogens is 1. The molecule has 0 aliphatic carbocycles. The Kier molecular flexibility index (Phi) is 3.35. The topological polar surface area (TPSA) is 57.8 Å². The molecule has 4 rings (SSSR count). The van der Waals surface area contributed by atoms with Crippen molar-refractivity contribution < 1.29 is 4.79 Å². The van der Waals surface area contributed by atoms with Crippen LogP contribution in [0.3, 0.4) is 0 Å². The number of rotatable bonds is 3. The standard InChI is InChI=1S/C18H15N3OS/c1-11-20-16-10-14(4-5-17(16)23-11)21-18(22)9-12-2-3-13-6-7-19-15(13)8-12/h2-8,10,19H,9H2,1H3,(H,21,22). The summed E-state index contributed by atoms with van der Waals surface area (Å²) in [6.07, 6.45) is 2.25. The summed E-state index contributed by atoms with van der Waals surface area (Å²) in [7, 11) is 0. The van der Waals surface area contributed by atoms with Gasteiger partial charge in [0.15, 0.2) is 0 Å². The first-order valence-electron chi connectivity index (χ1n) is 7.40. The summed E-state index contributed by atoms with van der Waals surface area (Å²) < 4.78 is 1.14. The maximum atomic E-state index is 12.3. The summed E-state index contributed by atoms with van der Waals surface area (Å²) in [5.41, 5.74) is 3.75. The van der Waals surface area contributed by atoms with Crippen LogP contribution in [0.1, 0.15) is 10.6 Å². The van der Waals surface area contributed by atoms with Crippen LogP contribution in [0.25, 0.3) is 21.1 Å². The molecule has 0 aliphatic heterocycles. The van der Waals surface area contributed by atoms with E-state index in [1.165, 1.54) is 0 Å². The van der Waals surface area contributed by atoms with Gasteiger partial charge in [-0.3, -0.25) is 4.79 Å². The predicted molar refractivity (Wildman–Crippen MR) is 95.0 cm³/mol. The van der Waals surface area contributed by atoms with Gasteiger partial charge in [0.2, 0.25) is 5.91 Å². The summed E-state index contributed by atoms with van der Waals surface area (Å²) >= 11 is 1.66. The Labute approximate surface area is 137 Å². The van der Waals surface area contributed by atoms with Crippen LogP contribution in [0.4, 0.5) is 5.69 Å². The number of benzene rings is 2.